The molecule has 5 aromatic carbocycles. The molecule has 0 spiro atoms. The van der Waals surface area contributed by atoms with Gasteiger partial charge in [-0.3, -0.25) is 4.98 Å². The fourth-order valence-corrected chi connectivity index (χ4v) is 6.40. The summed E-state index contributed by atoms with van der Waals surface area (Å²) in [4.78, 5) is 24.7. The second kappa shape index (κ2) is 12.6. The van der Waals surface area contributed by atoms with Crippen LogP contribution in [-0.2, 0) is 0 Å². The monoisotopic (exact) mass is 639 g/mol. The lowest BCUT2D eigenvalue weighted by molar-refractivity contribution is 1.18. The number of hydrogen-bond donors (Lipinski definition) is 0. The fourth-order valence-electron chi connectivity index (χ4n) is 6.40. The number of nitrogens with zero attached hydrogens (tertiary/aromatic N) is 5. The number of benzene rings is 5. The van der Waals surface area contributed by atoms with Crippen LogP contribution >= 0.6 is 0 Å². The lowest BCUT2D eigenvalue weighted by atomic mass is 9.95. The zero-order chi connectivity index (χ0) is 33.3. The van der Waals surface area contributed by atoms with E-state index in [2.05, 4.69) is 114 Å². The van der Waals surface area contributed by atoms with Gasteiger partial charge in [-0.25, -0.2) is 19.9 Å². The summed E-state index contributed by atoms with van der Waals surface area (Å²) in [7, 11) is 0. The van der Waals surface area contributed by atoms with Crippen molar-refractivity contribution in [2.24, 2.45) is 0 Å². The Bertz CT molecular complexity index is 2580. The highest BCUT2D eigenvalue weighted by atomic mass is 14.9. The van der Waals surface area contributed by atoms with Gasteiger partial charge in [0.15, 0.2) is 5.82 Å². The second-order valence-corrected chi connectivity index (χ2v) is 12.2. The number of fused-ring (bicyclic) bond motifs is 2. The summed E-state index contributed by atoms with van der Waals surface area (Å²) in [6, 6.07) is 58.0. The zero-order valence-corrected chi connectivity index (χ0v) is 27.0. The lowest BCUT2D eigenvalue weighted by Gasteiger charge is -2.13. The van der Waals surface area contributed by atoms with Crippen molar-refractivity contribution in [3.8, 4) is 67.7 Å². The van der Waals surface area contributed by atoms with Crippen molar-refractivity contribution in [1.29, 1.82) is 0 Å². The van der Waals surface area contributed by atoms with Crippen LogP contribution in [-0.4, -0.2) is 24.9 Å². The van der Waals surface area contributed by atoms with E-state index in [4.69, 9.17) is 19.9 Å². The topological polar surface area (TPSA) is 64.5 Å². The highest BCUT2D eigenvalue weighted by Gasteiger charge is 2.15. The number of pyridine rings is 3. The minimum Gasteiger partial charge on any atom is -0.255 e. The number of rotatable bonds is 6. The predicted molar refractivity (Wildman–Crippen MR) is 203 cm³/mol. The maximum atomic E-state index is 5.16. The molecule has 50 heavy (non-hydrogen) atoms. The van der Waals surface area contributed by atoms with Gasteiger partial charge in [0.25, 0.3) is 0 Å². The van der Waals surface area contributed by atoms with Crippen molar-refractivity contribution in [3.05, 3.63) is 176 Å². The zero-order valence-electron chi connectivity index (χ0n) is 27.0. The Labute approximate surface area is 289 Å². The van der Waals surface area contributed by atoms with E-state index in [1.54, 1.807) is 6.20 Å². The van der Waals surface area contributed by atoms with Crippen molar-refractivity contribution >= 4 is 21.8 Å². The molecule has 0 aliphatic heterocycles. The minimum atomic E-state index is 0.693. The van der Waals surface area contributed by atoms with E-state index in [0.717, 1.165) is 83.7 Å². The molecule has 0 radical (unpaired) electrons. The van der Waals surface area contributed by atoms with Gasteiger partial charge >= 0.3 is 0 Å². The Kier molecular flexibility index (Phi) is 7.41. The first-order valence-electron chi connectivity index (χ1n) is 16.6. The van der Waals surface area contributed by atoms with E-state index in [1.807, 2.05) is 60.7 Å². The van der Waals surface area contributed by atoms with Crippen LogP contribution in [0.25, 0.3) is 89.5 Å². The molecule has 0 saturated carbocycles. The van der Waals surface area contributed by atoms with Gasteiger partial charge in [-0.1, -0.05) is 127 Å². The molecular formula is C45H29N5. The third-order valence-corrected chi connectivity index (χ3v) is 8.95. The van der Waals surface area contributed by atoms with Gasteiger partial charge < -0.3 is 0 Å². The number of hydrogen-bond acceptors (Lipinski definition) is 5. The summed E-state index contributed by atoms with van der Waals surface area (Å²) in [5.74, 6) is 0.693. The average Bonchev–Trinajstić information content (AvgIpc) is 3.21. The van der Waals surface area contributed by atoms with E-state index in [1.165, 1.54) is 0 Å². The van der Waals surface area contributed by atoms with E-state index in [9.17, 15) is 0 Å². The molecule has 0 aliphatic rings. The third-order valence-electron chi connectivity index (χ3n) is 8.95. The smallest absolute Gasteiger partial charge is 0.160 e. The molecule has 0 atom stereocenters. The summed E-state index contributed by atoms with van der Waals surface area (Å²) >= 11 is 0. The van der Waals surface area contributed by atoms with Crippen LogP contribution in [0.5, 0.6) is 0 Å². The molecular weight excluding hydrogens is 611 g/mol. The molecule has 0 saturated heterocycles. The highest BCUT2D eigenvalue weighted by molar-refractivity contribution is 5.92. The first-order chi connectivity index (χ1) is 24.7. The maximum Gasteiger partial charge on any atom is 0.160 e. The first-order valence-corrected chi connectivity index (χ1v) is 16.6. The van der Waals surface area contributed by atoms with Crippen molar-refractivity contribution in [2.45, 2.75) is 0 Å². The molecule has 234 valence electrons. The lowest BCUT2D eigenvalue weighted by Crippen LogP contribution is -1.97. The quantitative estimate of drug-likeness (QED) is 0.181. The van der Waals surface area contributed by atoms with Crippen molar-refractivity contribution in [1.82, 2.24) is 24.9 Å². The Morgan fingerprint density at radius 2 is 0.880 bits per heavy atom. The number of aromatic nitrogens is 5. The van der Waals surface area contributed by atoms with Crippen molar-refractivity contribution < 1.29 is 0 Å². The van der Waals surface area contributed by atoms with Crippen LogP contribution in [0.15, 0.2) is 176 Å². The van der Waals surface area contributed by atoms with Crippen molar-refractivity contribution in [3.63, 3.8) is 0 Å². The average molecular weight is 640 g/mol. The van der Waals surface area contributed by atoms with E-state index >= 15 is 0 Å². The first kappa shape index (κ1) is 29.3. The maximum absolute atomic E-state index is 5.16. The molecule has 0 unspecified atom stereocenters. The highest BCUT2D eigenvalue weighted by Crippen LogP contribution is 2.36. The predicted octanol–water partition coefficient (Wildman–Crippen LogP) is 11.0. The normalized spacial score (nSPS) is 11.2. The Morgan fingerprint density at radius 3 is 1.62 bits per heavy atom. The summed E-state index contributed by atoms with van der Waals surface area (Å²) in [5, 5.41) is 2.15. The molecule has 9 rings (SSSR count). The SMILES string of the molecule is c1ccc(-c2cc(-c3ccccc3-c3ccc4ccc(-c5ccc6ccc(-c7ccccn7)nc6c5)nc4c3)nc(-c3ccccc3)n2)cc1. The molecule has 9 aromatic rings. The van der Waals surface area contributed by atoms with Gasteiger partial charge in [-0.15, -0.1) is 0 Å². The Morgan fingerprint density at radius 1 is 0.300 bits per heavy atom. The van der Waals surface area contributed by atoms with Gasteiger partial charge in [0.05, 0.1) is 39.5 Å². The van der Waals surface area contributed by atoms with Crippen LogP contribution in [0.3, 0.4) is 0 Å². The standard InChI is InChI=1S/C45H29N5/c1-3-11-30(12-4-1)43-29-44(50-45(49-43)33-13-5-2-6-14-33)37-16-8-7-15-36(37)34-20-18-31-22-24-38(47-41(31)27-34)35-21-19-32-23-25-40(48-42(32)28-35)39-17-9-10-26-46-39/h1-29H. The minimum absolute atomic E-state index is 0.693. The van der Waals surface area contributed by atoms with Gasteiger partial charge in [-0.2, -0.15) is 0 Å². The summed E-state index contributed by atoms with van der Waals surface area (Å²) in [5.41, 5.74) is 12.4. The largest absolute Gasteiger partial charge is 0.255 e. The van der Waals surface area contributed by atoms with Crippen LogP contribution in [0.4, 0.5) is 0 Å². The molecule has 0 aliphatic carbocycles. The van der Waals surface area contributed by atoms with Crippen LogP contribution in [0.2, 0.25) is 0 Å². The van der Waals surface area contributed by atoms with E-state index in [0.29, 0.717) is 5.82 Å². The van der Waals surface area contributed by atoms with Gasteiger partial charge in [0, 0.05) is 39.2 Å². The molecule has 4 aromatic heterocycles. The molecule has 0 fully saturated rings. The van der Waals surface area contributed by atoms with Gasteiger partial charge in [0.1, 0.15) is 0 Å². The molecule has 5 heteroatoms. The molecule has 4 heterocycles. The Hall–Kier alpha value is -6.85. The van der Waals surface area contributed by atoms with Gasteiger partial charge in [0.2, 0.25) is 0 Å². The van der Waals surface area contributed by atoms with Crippen molar-refractivity contribution in [2.75, 3.05) is 0 Å². The fraction of sp³-hybridized carbons (Fsp3) is 0. The van der Waals surface area contributed by atoms with Gasteiger partial charge in [-0.05, 0) is 53.6 Å². The molecule has 0 bridgehead atoms. The van der Waals surface area contributed by atoms with Crippen LogP contribution < -0.4 is 0 Å². The van der Waals surface area contributed by atoms with Crippen LogP contribution in [0.1, 0.15) is 0 Å². The summed E-state index contributed by atoms with van der Waals surface area (Å²) in [6.07, 6.45) is 1.79. The third kappa shape index (κ3) is 5.67. The molecule has 5 nitrogen and oxygen atoms in total. The van der Waals surface area contributed by atoms with Crippen LogP contribution in [0, 0.1) is 0 Å². The summed E-state index contributed by atoms with van der Waals surface area (Å²) in [6.45, 7) is 0. The van der Waals surface area contributed by atoms with E-state index < -0.39 is 0 Å². The second-order valence-electron chi connectivity index (χ2n) is 12.2. The molecule has 0 amide bonds. The molecule has 0 N–H and O–H groups in total. The Balaban J connectivity index is 1.13. The van der Waals surface area contributed by atoms with E-state index in [-0.39, 0.29) is 0 Å². The summed E-state index contributed by atoms with van der Waals surface area (Å²) < 4.78 is 0.